The molecule has 7 nitrogen and oxygen atoms in total. The molecule has 2 aromatic rings. The molecule has 1 aliphatic rings. The average Bonchev–Trinajstić information content (AvgIpc) is 3.36. The number of carbonyl (C=O) groups is 2. The molecule has 0 spiro atoms. The van der Waals surface area contributed by atoms with E-state index in [-0.39, 0.29) is 11.9 Å². The monoisotopic (exact) mass is 495 g/mol. The zero-order chi connectivity index (χ0) is 24.7. The van der Waals surface area contributed by atoms with Crippen molar-refractivity contribution in [3.05, 3.63) is 33.0 Å². The van der Waals surface area contributed by atoms with Crippen LogP contribution in [-0.4, -0.2) is 62.8 Å². The summed E-state index contributed by atoms with van der Waals surface area (Å²) in [5, 5.41) is 5.54. The van der Waals surface area contributed by atoms with Crippen molar-refractivity contribution < 1.29 is 19.1 Å². The molecule has 0 saturated carbocycles. The van der Waals surface area contributed by atoms with Crippen LogP contribution in [0.3, 0.4) is 0 Å². The smallest absolute Gasteiger partial charge is 0.339 e. The van der Waals surface area contributed by atoms with Gasteiger partial charge < -0.3 is 25.0 Å². The Bertz CT molecular complexity index is 930. The van der Waals surface area contributed by atoms with Crippen molar-refractivity contribution in [2.45, 2.75) is 59.5 Å². The van der Waals surface area contributed by atoms with Crippen molar-refractivity contribution in [2.75, 3.05) is 44.5 Å². The van der Waals surface area contributed by atoms with Gasteiger partial charge in [-0.05, 0) is 58.6 Å². The number of nitrogen functional groups attached to an aromatic ring is 1. The van der Waals surface area contributed by atoms with E-state index < -0.39 is 0 Å². The molecule has 9 heteroatoms. The van der Waals surface area contributed by atoms with Crippen LogP contribution >= 0.6 is 22.7 Å². The standard InChI is InChI=1S/C17H28N2O2S.C7H9NO2S/c1-6-19(14-7-9-18(10-8-14)12(2)3)16-13(4)15(11-22-16)17(20)21-5;1-4-5(7(9)10-2)3-11-6(4)8/h11-12,14H,6-10H2,1-5H3;3H,8H2,1-2H3. The van der Waals surface area contributed by atoms with Crippen LogP contribution in [0, 0.1) is 13.8 Å². The van der Waals surface area contributed by atoms with Gasteiger partial charge in [0.2, 0.25) is 0 Å². The van der Waals surface area contributed by atoms with Crippen LogP contribution in [0.15, 0.2) is 10.8 Å². The summed E-state index contributed by atoms with van der Waals surface area (Å²) in [5.74, 6) is -0.555. The zero-order valence-electron chi connectivity index (χ0n) is 20.8. The summed E-state index contributed by atoms with van der Waals surface area (Å²) in [6, 6.07) is 1.20. The number of anilines is 2. The third-order valence-corrected chi connectivity index (χ3v) is 8.20. The highest BCUT2D eigenvalue weighted by Gasteiger charge is 2.28. The number of hydrogen-bond donors (Lipinski definition) is 1. The zero-order valence-corrected chi connectivity index (χ0v) is 22.4. The second-order valence-electron chi connectivity index (χ2n) is 8.35. The van der Waals surface area contributed by atoms with Crippen molar-refractivity contribution >= 4 is 44.6 Å². The maximum absolute atomic E-state index is 11.8. The fourth-order valence-corrected chi connectivity index (χ4v) is 6.03. The minimum atomic E-state index is -0.324. The summed E-state index contributed by atoms with van der Waals surface area (Å²) in [7, 11) is 2.80. The maximum Gasteiger partial charge on any atom is 0.339 e. The number of carbonyl (C=O) groups excluding carboxylic acids is 2. The first kappa shape index (κ1) is 27.1. The quantitative estimate of drug-likeness (QED) is 0.567. The molecule has 0 unspecified atom stereocenters. The summed E-state index contributed by atoms with van der Waals surface area (Å²) >= 11 is 3.02. The summed E-state index contributed by atoms with van der Waals surface area (Å²) in [4.78, 5) is 27.8. The van der Waals surface area contributed by atoms with E-state index in [9.17, 15) is 9.59 Å². The minimum absolute atomic E-state index is 0.231. The minimum Gasteiger partial charge on any atom is -0.465 e. The van der Waals surface area contributed by atoms with Gasteiger partial charge in [-0.3, -0.25) is 0 Å². The Morgan fingerprint density at radius 3 is 2.00 bits per heavy atom. The van der Waals surface area contributed by atoms with E-state index in [0.29, 0.717) is 28.2 Å². The summed E-state index contributed by atoms with van der Waals surface area (Å²) < 4.78 is 9.41. The van der Waals surface area contributed by atoms with E-state index in [1.807, 2.05) is 12.3 Å². The van der Waals surface area contributed by atoms with Gasteiger partial charge in [-0.25, -0.2) is 9.59 Å². The molecule has 0 aliphatic carbocycles. The molecule has 0 bridgehead atoms. The van der Waals surface area contributed by atoms with Gasteiger partial charge in [-0.1, -0.05) is 0 Å². The number of ether oxygens (including phenoxy) is 2. The number of likely N-dealkylation sites (tertiary alicyclic amines) is 1. The van der Waals surface area contributed by atoms with Gasteiger partial charge in [0.15, 0.2) is 0 Å². The molecule has 0 atom stereocenters. The molecule has 1 aliphatic heterocycles. The lowest BCUT2D eigenvalue weighted by molar-refractivity contribution is 0.0591. The van der Waals surface area contributed by atoms with Crippen LogP contribution in [0.1, 0.15) is 65.5 Å². The SMILES string of the molecule is CCN(c1scc(C(=O)OC)c1C)C1CCN(C(C)C)CC1.COC(=O)c1csc(N)c1C. The summed E-state index contributed by atoms with van der Waals surface area (Å²) in [6.07, 6.45) is 2.38. The van der Waals surface area contributed by atoms with Crippen molar-refractivity contribution in [1.29, 1.82) is 0 Å². The van der Waals surface area contributed by atoms with E-state index in [2.05, 4.69) is 35.3 Å². The van der Waals surface area contributed by atoms with Crippen molar-refractivity contribution in [1.82, 2.24) is 4.90 Å². The van der Waals surface area contributed by atoms with Crippen LogP contribution in [0.25, 0.3) is 0 Å². The Morgan fingerprint density at radius 2 is 1.58 bits per heavy atom. The molecule has 33 heavy (non-hydrogen) atoms. The maximum atomic E-state index is 11.8. The Balaban J connectivity index is 0.000000294. The van der Waals surface area contributed by atoms with Gasteiger partial charge in [-0.15, -0.1) is 22.7 Å². The number of piperidine rings is 1. The lowest BCUT2D eigenvalue weighted by Gasteiger charge is -2.40. The number of hydrogen-bond acceptors (Lipinski definition) is 9. The number of rotatable bonds is 6. The molecule has 3 rings (SSSR count). The van der Waals surface area contributed by atoms with Crippen LogP contribution < -0.4 is 10.6 Å². The fourth-order valence-electron chi connectivity index (χ4n) is 4.03. The first-order chi connectivity index (χ1) is 15.7. The van der Waals surface area contributed by atoms with Gasteiger partial charge >= 0.3 is 11.9 Å². The molecule has 1 fully saturated rings. The Kier molecular flexibility index (Phi) is 10.2. The van der Waals surface area contributed by atoms with Crippen LogP contribution in [0.5, 0.6) is 0 Å². The van der Waals surface area contributed by atoms with Crippen LogP contribution in [0.2, 0.25) is 0 Å². The molecule has 0 amide bonds. The van der Waals surface area contributed by atoms with Gasteiger partial charge in [0, 0.05) is 42.5 Å². The van der Waals surface area contributed by atoms with E-state index >= 15 is 0 Å². The van der Waals surface area contributed by atoms with Crippen molar-refractivity contribution in [2.24, 2.45) is 0 Å². The number of esters is 2. The average molecular weight is 496 g/mol. The van der Waals surface area contributed by atoms with Gasteiger partial charge in [0.25, 0.3) is 0 Å². The Hall–Kier alpha value is -2.10. The number of nitrogens with zero attached hydrogens (tertiary/aromatic N) is 2. The third kappa shape index (κ3) is 6.49. The topological polar surface area (TPSA) is 85.1 Å². The lowest BCUT2D eigenvalue weighted by atomic mass is 10.0. The van der Waals surface area contributed by atoms with E-state index in [1.165, 1.54) is 43.4 Å². The predicted molar refractivity (Wildman–Crippen MR) is 138 cm³/mol. The highest BCUT2D eigenvalue weighted by atomic mass is 32.1. The second-order valence-corrected chi connectivity index (χ2v) is 10.1. The summed E-state index contributed by atoms with van der Waals surface area (Å²) in [5.41, 5.74) is 8.68. The first-order valence-electron chi connectivity index (χ1n) is 11.2. The molecular weight excluding hydrogens is 458 g/mol. The lowest BCUT2D eigenvalue weighted by Crippen LogP contribution is -2.47. The van der Waals surface area contributed by atoms with Crippen LogP contribution in [0.4, 0.5) is 10.0 Å². The van der Waals surface area contributed by atoms with Gasteiger partial charge in [0.05, 0.1) is 35.3 Å². The fraction of sp³-hybridized carbons (Fsp3) is 0.583. The number of methoxy groups -OCH3 is 2. The largest absolute Gasteiger partial charge is 0.465 e. The van der Waals surface area contributed by atoms with E-state index in [0.717, 1.165) is 30.8 Å². The number of thiophene rings is 2. The highest BCUT2D eigenvalue weighted by Crippen LogP contribution is 2.34. The highest BCUT2D eigenvalue weighted by molar-refractivity contribution is 7.15. The Labute approximate surface area is 205 Å². The molecular formula is C24H37N3O4S2. The van der Waals surface area contributed by atoms with Crippen molar-refractivity contribution in [3.63, 3.8) is 0 Å². The molecule has 2 aromatic heterocycles. The van der Waals surface area contributed by atoms with Crippen molar-refractivity contribution in [3.8, 4) is 0 Å². The van der Waals surface area contributed by atoms with Crippen LogP contribution in [-0.2, 0) is 9.47 Å². The molecule has 2 N–H and O–H groups in total. The predicted octanol–water partition coefficient (Wildman–Crippen LogP) is 4.97. The summed E-state index contributed by atoms with van der Waals surface area (Å²) in [6.45, 7) is 13.9. The number of nitrogens with two attached hydrogens (primary N) is 1. The second kappa shape index (κ2) is 12.4. The van der Waals surface area contributed by atoms with E-state index in [1.54, 1.807) is 23.6 Å². The molecule has 3 heterocycles. The Morgan fingerprint density at radius 1 is 1.06 bits per heavy atom. The molecule has 184 valence electrons. The molecule has 1 saturated heterocycles. The normalized spacial score (nSPS) is 14.5. The molecule has 0 radical (unpaired) electrons. The van der Waals surface area contributed by atoms with Gasteiger partial charge in [-0.2, -0.15) is 0 Å². The third-order valence-electron chi connectivity index (χ3n) is 6.17. The molecule has 0 aromatic carbocycles. The first-order valence-corrected chi connectivity index (χ1v) is 13.0. The van der Waals surface area contributed by atoms with Gasteiger partial charge in [0.1, 0.15) is 0 Å². The van der Waals surface area contributed by atoms with E-state index in [4.69, 9.17) is 10.5 Å².